The van der Waals surface area contributed by atoms with E-state index in [9.17, 15) is 15.3 Å². The van der Waals surface area contributed by atoms with Crippen LogP contribution in [0.2, 0.25) is 0 Å². The third-order valence-electron chi connectivity index (χ3n) is 3.70. The highest BCUT2D eigenvalue weighted by Crippen LogP contribution is 2.24. The van der Waals surface area contributed by atoms with Crippen molar-refractivity contribution in [3.05, 3.63) is 29.8 Å². The molecule has 7 nitrogen and oxygen atoms in total. The molecule has 1 aromatic carbocycles. The van der Waals surface area contributed by atoms with Crippen molar-refractivity contribution in [2.24, 2.45) is 0 Å². The fourth-order valence-electron chi connectivity index (χ4n) is 2.29. The number of aliphatic hydroxyl groups excluding tert-OH is 3. The predicted octanol–water partition coefficient (Wildman–Crippen LogP) is 0.304. The minimum atomic E-state index is -1.33. The molecule has 5 atom stereocenters. The fourth-order valence-corrected chi connectivity index (χ4v) is 2.48. The molecule has 1 aromatic rings. The molecular weight excluding hydrogens is 334 g/mol. The van der Waals surface area contributed by atoms with Crippen molar-refractivity contribution in [3.63, 3.8) is 0 Å². The molecule has 2 rings (SSSR count). The second-order valence-corrected chi connectivity index (χ2v) is 5.89. The summed E-state index contributed by atoms with van der Waals surface area (Å²) in [6.07, 6.45) is -5.49. The van der Waals surface area contributed by atoms with E-state index in [-0.39, 0.29) is 0 Å². The number of aliphatic hydroxyl groups is 3. The van der Waals surface area contributed by atoms with Gasteiger partial charge in [-0.05, 0) is 43.8 Å². The van der Waals surface area contributed by atoms with Crippen molar-refractivity contribution in [1.82, 2.24) is 5.32 Å². The minimum Gasteiger partial charge on any atom is -0.471 e. The largest absolute Gasteiger partial charge is 0.471 e. The second-order valence-electron chi connectivity index (χ2n) is 5.52. The van der Waals surface area contributed by atoms with Crippen LogP contribution in [0.25, 0.3) is 0 Å². The van der Waals surface area contributed by atoms with Gasteiger partial charge < -0.3 is 34.8 Å². The highest BCUT2D eigenvalue weighted by molar-refractivity contribution is 7.80. The zero-order chi connectivity index (χ0) is 17.7. The van der Waals surface area contributed by atoms with Crippen LogP contribution in [-0.4, -0.2) is 57.8 Å². The summed E-state index contributed by atoms with van der Waals surface area (Å²) in [5.74, 6) is 0.478. The quantitative estimate of drug-likeness (QED) is 0.559. The van der Waals surface area contributed by atoms with Gasteiger partial charge in [0.2, 0.25) is 6.29 Å². The first-order valence-electron chi connectivity index (χ1n) is 7.78. The summed E-state index contributed by atoms with van der Waals surface area (Å²) < 4.78 is 16.1. The third kappa shape index (κ3) is 4.78. The molecule has 0 radical (unpaired) electrons. The van der Waals surface area contributed by atoms with Crippen molar-refractivity contribution < 1.29 is 29.5 Å². The summed E-state index contributed by atoms with van der Waals surface area (Å²) in [5, 5.41) is 32.7. The molecule has 1 aliphatic heterocycles. The lowest BCUT2D eigenvalue weighted by Crippen LogP contribution is -2.58. The Kier molecular flexibility index (Phi) is 6.76. The maximum Gasteiger partial charge on any atom is 0.256 e. The number of nitrogens with one attached hydrogen (secondary N) is 1. The van der Waals surface area contributed by atoms with Gasteiger partial charge in [0.25, 0.3) is 5.17 Å². The normalized spacial score (nSPS) is 29.8. The van der Waals surface area contributed by atoms with Crippen LogP contribution < -0.4 is 10.1 Å². The topological polar surface area (TPSA) is 100 Å². The molecule has 0 saturated carbocycles. The Morgan fingerprint density at radius 1 is 1.17 bits per heavy atom. The first-order valence-corrected chi connectivity index (χ1v) is 8.19. The summed E-state index contributed by atoms with van der Waals surface area (Å²) >= 11 is 4.98. The van der Waals surface area contributed by atoms with E-state index in [0.29, 0.717) is 24.1 Å². The Labute approximate surface area is 146 Å². The van der Waals surface area contributed by atoms with E-state index in [1.54, 1.807) is 19.1 Å². The van der Waals surface area contributed by atoms with Crippen LogP contribution >= 0.6 is 12.2 Å². The summed E-state index contributed by atoms with van der Waals surface area (Å²) in [4.78, 5) is 0. The monoisotopic (exact) mass is 357 g/mol. The highest BCUT2D eigenvalue weighted by Gasteiger charge is 2.43. The van der Waals surface area contributed by atoms with E-state index in [4.69, 9.17) is 26.4 Å². The van der Waals surface area contributed by atoms with Crippen molar-refractivity contribution >= 4 is 17.4 Å². The summed E-state index contributed by atoms with van der Waals surface area (Å²) in [7, 11) is 0. The van der Waals surface area contributed by atoms with Gasteiger partial charge in [-0.15, -0.1) is 0 Å². The Morgan fingerprint density at radius 3 is 2.46 bits per heavy atom. The van der Waals surface area contributed by atoms with Gasteiger partial charge in [-0.25, -0.2) is 0 Å². The maximum absolute atomic E-state index is 9.94. The van der Waals surface area contributed by atoms with Gasteiger partial charge >= 0.3 is 0 Å². The first-order chi connectivity index (χ1) is 11.4. The van der Waals surface area contributed by atoms with Crippen LogP contribution in [0.1, 0.15) is 19.4 Å². The van der Waals surface area contributed by atoms with E-state index in [2.05, 4.69) is 5.32 Å². The summed E-state index contributed by atoms with van der Waals surface area (Å²) in [5.41, 5.74) is 0.971. The molecule has 24 heavy (non-hydrogen) atoms. The Morgan fingerprint density at radius 2 is 1.83 bits per heavy atom. The van der Waals surface area contributed by atoms with Gasteiger partial charge in [0.15, 0.2) is 0 Å². The Balaban J connectivity index is 1.90. The van der Waals surface area contributed by atoms with Crippen LogP contribution in [0.3, 0.4) is 0 Å². The van der Waals surface area contributed by atoms with Crippen molar-refractivity contribution in [3.8, 4) is 5.75 Å². The molecule has 1 aliphatic rings. The van der Waals surface area contributed by atoms with Crippen molar-refractivity contribution in [2.75, 3.05) is 6.61 Å². The number of hydrogen-bond donors (Lipinski definition) is 4. The molecule has 1 heterocycles. The van der Waals surface area contributed by atoms with Crippen molar-refractivity contribution in [2.45, 2.75) is 51.1 Å². The molecule has 1 saturated heterocycles. The lowest BCUT2D eigenvalue weighted by molar-refractivity contribution is -0.268. The third-order valence-corrected chi connectivity index (χ3v) is 3.96. The molecule has 8 heteroatoms. The van der Waals surface area contributed by atoms with Crippen molar-refractivity contribution in [1.29, 1.82) is 0 Å². The Bertz CT molecular complexity index is 540. The number of benzene rings is 1. The Hall–Kier alpha value is -1.45. The molecule has 0 bridgehead atoms. The van der Waals surface area contributed by atoms with Crippen LogP contribution in [0, 0.1) is 0 Å². The molecule has 134 valence electrons. The van der Waals surface area contributed by atoms with Crippen LogP contribution in [0.5, 0.6) is 5.75 Å². The van der Waals surface area contributed by atoms with Crippen LogP contribution in [0.4, 0.5) is 0 Å². The highest BCUT2D eigenvalue weighted by atomic mass is 32.1. The minimum absolute atomic E-state index is 0.345. The molecule has 5 unspecified atom stereocenters. The van der Waals surface area contributed by atoms with Crippen LogP contribution in [0.15, 0.2) is 24.3 Å². The molecule has 0 spiro atoms. The zero-order valence-corrected chi connectivity index (χ0v) is 14.4. The summed E-state index contributed by atoms with van der Waals surface area (Å²) in [6.45, 7) is 4.50. The standard InChI is InChI=1S/C16H23NO6S/c1-3-21-16(24)17-8-10-4-6-11(7-5-10)23-15-14(20)13(19)12(18)9(2)22-15/h4-7,9,12-15,18-20H,3,8H2,1-2H3,(H,17,24). The molecule has 4 N–H and O–H groups in total. The van der Waals surface area contributed by atoms with Crippen LogP contribution in [-0.2, 0) is 16.0 Å². The maximum atomic E-state index is 9.94. The zero-order valence-electron chi connectivity index (χ0n) is 13.6. The smallest absolute Gasteiger partial charge is 0.256 e. The molecule has 1 fully saturated rings. The average molecular weight is 357 g/mol. The summed E-state index contributed by atoms with van der Waals surface area (Å²) in [6, 6.07) is 7.11. The van der Waals surface area contributed by atoms with E-state index < -0.39 is 30.7 Å². The fraction of sp³-hybridized carbons (Fsp3) is 0.562. The van der Waals surface area contributed by atoms with E-state index >= 15 is 0 Å². The molecule has 0 aliphatic carbocycles. The molecular formula is C16H23NO6S. The van der Waals surface area contributed by atoms with Gasteiger partial charge in [0.1, 0.15) is 24.1 Å². The van der Waals surface area contributed by atoms with E-state index in [1.165, 1.54) is 0 Å². The predicted molar refractivity (Wildman–Crippen MR) is 90.5 cm³/mol. The van der Waals surface area contributed by atoms with Gasteiger partial charge in [0, 0.05) is 6.54 Å². The molecule has 0 aromatic heterocycles. The van der Waals surface area contributed by atoms with Gasteiger partial charge in [-0.2, -0.15) is 0 Å². The molecule has 0 amide bonds. The number of thiocarbonyl (C=S) groups is 1. The number of ether oxygens (including phenoxy) is 3. The second kappa shape index (κ2) is 8.59. The number of rotatable bonds is 5. The lowest BCUT2D eigenvalue weighted by Gasteiger charge is -2.38. The van der Waals surface area contributed by atoms with Gasteiger partial charge in [0.05, 0.1) is 12.7 Å². The van der Waals surface area contributed by atoms with E-state index in [0.717, 1.165) is 5.56 Å². The van der Waals surface area contributed by atoms with Gasteiger partial charge in [-0.1, -0.05) is 12.1 Å². The van der Waals surface area contributed by atoms with Gasteiger partial charge in [-0.3, -0.25) is 0 Å². The van der Waals surface area contributed by atoms with E-state index in [1.807, 2.05) is 19.1 Å². The lowest BCUT2D eigenvalue weighted by atomic mass is 10.00. The number of hydrogen-bond acceptors (Lipinski definition) is 7. The SMILES string of the molecule is CCOC(=S)NCc1ccc(OC2OC(C)C(O)C(O)C2O)cc1. The first kappa shape index (κ1) is 18.9. The average Bonchev–Trinajstić information content (AvgIpc) is 2.57.